The van der Waals surface area contributed by atoms with Crippen molar-refractivity contribution in [2.75, 3.05) is 0 Å². The molecule has 90 valence electrons. The van der Waals surface area contributed by atoms with Crippen LogP contribution in [0, 0.1) is 0 Å². The lowest BCUT2D eigenvalue weighted by atomic mass is 10.0. The molecule has 4 nitrogen and oxygen atoms in total. The molecule has 2 aliphatic rings. The zero-order valence-corrected chi connectivity index (χ0v) is 10.3. The molecule has 2 amide bonds. The molecule has 1 aromatic rings. The van der Waals surface area contributed by atoms with E-state index < -0.39 is 0 Å². The third kappa shape index (κ3) is 1.46. The van der Waals surface area contributed by atoms with Crippen LogP contribution in [-0.4, -0.2) is 11.8 Å². The minimum atomic E-state index is -0.245. The van der Waals surface area contributed by atoms with E-state index in [1.54, 1.807) is 31.2 Å². The van der Waals surface area contributed by atoms with Gasteiger partial charge in [0.25, 0.3) is 11.8 Å². The highest BCUT2D eigenvalue weighted by atomic mass is 35.5. The standard InChI is InChI=1S/C13H9ClN2O2/c1-6-9-10(13(18)15-6)11(16-12(9)17)7-2-4-8(14)5-3-7/h2-5H,1H3,(H,15,18)(H,16,17). The van der Waals surface area contributed by atoms with Gasteiger partial charge in [0.05, 0.1) is 16.8 Å². The minimum absolute atomic E-state index is 0.245. The van der Waals surface area contributed by atoms with Crippen molar-refractivity contribution in [3.63, 3.8) is 0 Å². The molecular weight excluding hydrogens is 252 g/mol. The number of fused-ring (bicyclic) bond motifs is 1. The van der Waals surface area contributed by atoms with Crippen LogP contribution in [-0.2, 0) is 9.59 Å². The van der Waals surface area contributed by atoms with Crippen molar-refractivity contribution in [2.24, 2.45) is 0 Å². The van der Waals surface area contributed by atoms with Gasteiger partial charge < -0.3 is 10.6 Å². The predicted octanol–water partition coefficient (Wildman–Crippen LogP) is 1.58. The van der Waals surface area contributed by atoms with Crippen molar-refractivity contribution in [3.8, 4) is 0 Å². The van der Waals surface area contributed by atoms with Crippen LogP contribution in [0.1, 0.15) is 12.5 Å². The average Bonchev–Trinajstić information content (AvgIpc) is 2.81. The molecular formula is C13H9ClN2O2. The lowest BCUT2D eigenvalue weighted by molar-refractivity contribution is -0.117. The summed E-state index contributed by atoms with van der Waals surface area (Å²) in [6, 6.07) is 6.99. The molecule has 0 aromatic heterocycles. The Hall–Kier alpha value is -2.07. The fraction of sp³-hybridized carbons (Fsp3) is 0.0769. The Kier molecular flexibility index (Phi) is 2.28. The summed E-state index contributed by atoms with van der Waals surface area (Å²) < 4.78 is 0. The van der Waals surface area contributed by atoms with E-state index in [2.05, 4.69) is 10.6 Å². The van der Waals surface area contributed by atoms with Crippen LogP contribution in [0.25, 0.3) is 5.70 Å². The summed E-state index contributed by atoms with van der Waals surface area (Å²) in [4.78, 5) is 23.7. The third-order valence-electron chi connectivity index (χ3n) is 3.00. The Labute approximate surface area is 108 Å². The molecule has 0 bridgehead atoms. The fourth-order valence-electron chi connectivity index (χ4n) is 2.19. The molecule has 2 N–H and O–H groups in total. The highest BCUT2D eigenvalue weighted by molar-refractivity contribution is 6.30. The summed E-state index contributed by atoms with van der Waals surface area (Å²) >= 11 is 5.82. The predicted molar refractivity (Wildman–Crippen MR) is 67.4 cm³/mol. The monoisotopic (exact) mass is 260 g/mol. The first kappa shape index (κ1) is 11.0. The summed E-state index contributed by atoms with van der Waals surface area (Å²) in [6.07, 6.45) is 0. The molecule has 0 unspecified atom stereocenters. The minimum Gasteiger partial charge on any atom is -0.325 e. The number of amides is 2. The number of rotatable bonds is 1. The molecule has 0 saturated carbocycles. The molecule has 2 heterocycles. The number of carbonyl (C=O) groups excluding carboxylic acids is 2. The molecule has 18 heavy (non-hydrogen) atoms. The van der Waals surface area contributed by atoms with Gasteiger partial charge >= 0.3 is 0 Å². The lowest BCUT2D eigenvalue weighted by Gasteiger charge is -2.05. The average molecular weight is 261 g/mol. The maximum absolute atomic E-state index is 11.8. The Bertz CT molecular complexity index is 641. The number of halogens is 1. The smallest absolute Gasteiger partial charge is 0.258 e. The largest absolute Gasteiger partial charge is 0.325 e. The second kappa shape index (κ2) is 3.71. The van der Waals surface area contributed by atoms with E-state index in [0.717, 1.165) is 5.56 Å². The summed E-state index contributed by atoms with van der Waals surface area (Å²) in [5.41, 5.74) is 2.75. The van der Waals surface area contributed by atoms with Gasteiger partial charge in [-0.3, -0.25) is 9.59 Å². The van der Waals surface area contributed by atoms with Gasteiger partial charge in [0.2, 0.25) is 0 Å². The second-order valence-corrected chi connectivity index (χ2v) is 4.60. The van der Waals surface area contributed by atoms with E-state index in [4.69, 9.17) is 11.6 Å². The lowest BCUT2D eigenvalue weighted by Crippen LogP contribution is -2.20. The van der Waals surface area contributed by atoms with Crippen molar-refractivity contribution in [1.29, 1.82) is 0 Å². The van der Waals surface area contributed by atoms with E-state index >= 15 is 0 Å². The van der Waals surface area contributed by atoms with E-state index in [1.807, 2.05) is 0 Å². The van der Waals surface area contributed by atoms with Gasteiger partial charge in [0, 0.05) is 10.7 Å². The maximum atomic E-state index is 11.8. The first-order chi connectivity index (χ1) is 8.58. The number of carbonyl (C=O) groups is 2. The molecule has 0 aliphatic carbocycles. The molecule has 2 aliphatic heterocycles. The van der Waals surface area contributed by atoms with Crippen molar-refractivity contribution >= 4 is 29.1 Å². The van der Waals surface area contributed by atoms with Crippen LogP contribution in [0.4, 0.5) is 0 Å². The van der Waals surface area contributed by atoms with E-state index in [0.29, 0.717) is 27.6 Å². The summed E-state index contributed by atoms with van der Waals surface area (Å²) in [5.74, 6) is -0.489. The fourth-order valence-corrected chi connectivity index (χ4v) is 2.32. The van der Waals surface area contributed by atoms with Crippen LogP contribution >= 0.6 is 11.6 Å². The van der Waals surface area contributed by atoms with Gasteiger partial charge in [0.1, 0.15) is 0 Å². The molecule has 0 spiro atoms. The number of allylic oxidation sites excluding steroid dienone is 1. The molecule has 5 heteroatoms. The molecule has 3 rings (SSSR count). The Morgan fingerprint density at radius 2 is 1.56 bits per heavy atom. The summed E-state index contributed by atoms with van der Waals surface area (Å²) in [5, 5.41) is 6.00. The zero-order valence-electron chi connectivity index (χ0n) is 9.50. The van der Waals surface area contributed by atoms with Crippen molar-refractivity contribution in [2.45, 2.75) is 6.92 Å². The van der Waals surface area contributed by atoms with E-state index in [1.165, 1.54) is 0 Å². The van der Waals surface area contributed by atoms with Crippen molar-refractivity contribution in [3.05, 3.63) is 51.7 Å². The van der Waals surface area contributed by atoms with Gasteiger partial charge in [-0.2, -0.15) is 0 Å². The second-order valence-electron chi connectivity index (χ2n) is 4.17. The first-order valence-electron chi connectivity index (χ1n) is 5.42. The van der Waals surface area contributed by atoms with Gasteiger partial charge in [-0.15, -0.1) is 0 Å². The highest BCUT2D eigenvalue weighted by Crippen LogP contribution is 2.33. The van der Waals surface area contributed by atoms with Gasteiger partial charge in [-0.1, -0.05) is 23.7 Å². The van der Waals surface area contributed by atoms with E-state index in [-0.39, 0.29) is 11.8 Å². The Morgan fingerprint density at radius 3 is 2.22 bits per heavy atom. The first-order valence-corrected chi connectivity index (χ1v) is 5.80. The normalized spacial score (nSPS) is 18.1. The third-order valence-corrected chi connectivity index (χ3v) is 3.25. The maximum Gasteiger partial charge on any atom is 0.258 e. The van der Waals surface area contributed by atoms with Gasteiger partial charge in [0.15, 0.2) is 0 Å². The number of benzene rings is 1. The Balaban J connectivity index is 2.18. The van der Waals surface area contributed by atoms with E-state index in [9.17, 15) is 9.59 Å². The molecule has 0 radical (unpaired) electrons. The van der Waals surface area contributed by atoms with Crippen LogP contribution in [0.2, 0.25) is 5.02 Å². The SMILES string of the molecule is CC1=C2C(=O)NC(c3ccc(Cl)cc3)=C2C(=O)N1. The van der Waals surface area contributed by atoms with Crippen LogP contribution in [0.15, 0.2) is 41.1 Å². The summed E-state index contributed by atoms with van der Waals surface area (Å²) in [6.45, 7) is 1.71. The molecule has 0 fully saturated rings. The zero-order chi connectivity index (χ0) is 12.9. The van der Waals surface area contributed by atoms with Gasteiger partial charge in [-0.25, -0.2) is 0 Å². The van der Waals surface area contributed by atoms with Crippen LogP contribution < -0.4 is 10.6 Å². The number of nitrogens with one attached hydrogen (secondary N) is 2. The van der Waals surface area contributed by atoms with Crippen LogP contribution in [0.3, 0.4) is 0 Å². The molecule has 0 atom stereocenters. The topological polar surface area (TPSA) is 58.2 Å². The van der Waals surface area contributed by atoms with Crippen molar-refractivity contribution < 1.29 is 9.59 Å². The quantitative estimate of drug-likeness (QED) is 0.806. The Morgan fingerprint density at radius 1 is 0.944 bits per heavy atom. The molecule has 0 saturated heterocycles. The van der Waals surface area contributed by atoms with Crippen LogP contribution in [0.5, 0.6) is 0 Å². The van der Waals surface area contributed by atoms with Gasteiger partial charge in [-0.05, 0) is 24.6 Å². The molecule has 1 aromatic carbocycles. The highest BCUT2D eigenvalue weighted by Gasteiger charge is 2.38. The summed E-state index contributed by atoms with van der Waals surface area (Å²) in [7, 11) is 0. The number of hydrogen-bond acceptors (Lipinski definition) is 2. The number of hydrogen-bond donors (Lipinski definition) is 2. The van der Waals surface area contributed by atoms with Crippen molar-refractivity contribution in [1.82, 2.24) is 10.6 Å².